The molecular weight excluding hydrogens is 256 g/mol. The number of hydrogen-bond donors (Lipinski definition) is 2. The Morgan fingerprint density at radius 2 is 2.20 bits per heavy atom. The second-order valence-corrected chi connectivity index (χ2v) is 4.68. The maximum absolute atomic E-state index is 12.1. The van der Waals surface area contributed by atoms with E-state index >= 15 is 0 Å². The first-order chi connectivity index (χ1) is 9.63. The minimum atomic E-state index is -0.164. The summed E-state index contributed by atoms with van der Waals surface area (Å²) in [6, 6.07) is 5.31. The zero-order valence-corrected chi connectivity index (χ0v) is 11.8. The molecule has 1 aliphatic carbocycles. The van der Waals surface area contributed by atoms with Gasteiger partial charge in [-0.25, -0.2) is 0 Å². The Morgan fingerprint density at radius 3 is 2.80 bits per heavy atom. The first-order valence-electron chi connectivity index (χ1n) is 6.69. The van der Waals surface area contributed by atoms with Crippen LogP contribution in [0.1, 0.15) is 13.3 Å². The zero-order valence-electron chi connectivity index (χ0n) is 11.8. The van der Waals surface area contributed by atoms with Gasteiger partial charge in [0.05, 0.1) is 19.6 Å². The quantitative estimate of drug-likeness (QED) is 0.806. The van der Waals surface area contributed by atoms with Gasteiger partial charge >= 0.3 is 0 Å². The molecule has 1 aromatic carbocycles. The second kappa shape index (κ2) is 6.43. The van der Waals surface area contributed by atoms with E-state index in [9.17, 15) is 4.79 Å². The Kier molecular flexibility index (Phi) is 4.63. The van der Waals surface area contributed by atoms with Crippen LogP contribution in [0.15, 0.2) is 30.4 Å². The predicted octanol–water partition coefficient (Wildman–Crippen LogP) is 1.94. The second-order valence-electron chi connectivity index (χ2n) is 4.68. The third-order valence-electron chi connectivity index (χ3n) is 3.18. The number of ether oxygens (including phenoxy) is 2. The van der Waals surface area contributed by atoms with E-state index in [2.05, 4.69) is 5.32 Å². The number of hydrogen-bond acceptors (Lipinski definition) is 4. The van der Waals surface area contributed by atoms with Crippen molar-refractivity contribution < 1.29 is 14.3 Å². The molecule has 108 valence electrons. The van der Waals surface area contributed by atoms with Gasteiger partial charge in [-0.15, -0.1) is 0 Å². The van der Waals surface area contributed by atoms with E-state index in [0.29, 0.717) is 30.2 Å². The van der Waals surface area contributed by atoms with Crippen molar-refractivity contribution in [3.8, 4) is 11.5 Å². The summed E-state index contributed by atoms with van der Waals surface area (Å²) in [5, 5.41) is 2.87. The van der Waals surface area contributed by atoms with Crippen molar-refractivity contribution >= 4 is 11.6 Å². The van der Waals surface area contributed by atoms with Crippen LogP contribution < -0.4 is 20.5 Å². The minimum Gasteiger partial charge on any atom is -0.493 e. The van der Waals surface area contributed by atoms with Crippen LogP contribution in [0.25, 0.3) is 0 Å². The van der Waals surface area contributed by atoms with E-state index in [4.69, 9.17) is 15.2 Å². The molecule has 0 heterocycles. The van der Waals surface area contributed by atoms with Gasteiger partial charge in [0.25, 0.3) is 0 Å². The summed E-state index contributed by atoms with van der Waals surface area (Å²) in [5.41, 5.74) is 6.44. The molecule has 0 bridgehead atoms. The highest BCUT2D eigenvalue weighted by molar-refractivity contribution is 5.94. The number of amides is 1. The molecule has 2 unspecified atom stereocenters. The first-order valence-corrected chi connectivity index (χ1v) is 6.69. The van der Waals surface area contributed by atoms with E-state index in [0.717, 1.165) is 0 Å². The summed E-state index contributed by atoms with van der Waals surface area (Å²) in [5.74, 6) is 1.04. The summed E-state index contributed by atoms with van der Waals surface area (Å²) >= 11 is 0. The molecule has 0 aromatic heterocycles. The lowest BCUT2D eigenvalue weighted by atomic mass is 10.1. The van der Waals surface area contributed by atoms with Crippen molar-refractivity contribution in [3.63, 3.8) is 0 Å². The van der Waals surface area contributed by atoms with Crippen LogP contribution in [0.5, 0.6) is 11.5 Å². The molecule has 0 radical (unpaired) electrons. The lowest BCUT2D eigenvalue weighted by Crippen LogP contribution is -2.23. The zero-order chi connectivity index (χ0) is 14.5. The Morgan fingerprint density at radius 1 is 1.40 bits per heavy atom. The van der Waals surface area contributed by atoms with E-state index in [1.165, 1.54) is 0 Å². The molecule has 1 amide bonds. The SMILES string of the molecule is CCOc1ccc(NC(=O)C2C=CC(N)C2)cc1OC. The summed E-state index contributed by atoms with van der Waals surface area (Å²) in [6.07, 6.45) is 4.37. The lowest BCUT2D eigenvalue weighted by Gasteiger charge is -2.13. The number of carbonyl (C=O) groups is 1. The maximum Gasteiger partial charge on any atom is 0.231 e. The molecule has 0 aliphatic heterocycles. The van der Waals surface area contributed by atoms with Gasteiger partial charge in [0.1, 0.15) is 0 Å². The van der Waals surface area contributed by atoms with Crippen LogP contribution in [-0.2, 0) is 4.79 Å². The normalized spacial score (nSPS) is 20.8. The minimum absolute atomic E-state index is 0.0272. The molecule has 0 saturated heterocycles. The maximum atomic E-state index is 12.1. The van der Waals surface area contributed by atoms with E-state index in [1.807, 2.05) is 19.1 Å². The van der Waals surface area contributed by atoms with Crippen LogP contribution in [-0.4, -0.2) is 25.7 Å². The molecule has 0 fully saturated rings. The highest BCUT2D eigenvalue weighted by Gasteiger charge is 2.22. The number of anilines is 1. The van der Waals surface area contributed by atoms with Crippen molar-refractivity contribution in [1.29, 1.82) is 0 Å². The topological polar surface area (TPSA) is 73.6 Å². The summed E-state index contributed by atoms with van der Waals surface area (Å²) in [7, 11) is 1.57. The molecule has 5 heteroatoms. The largest absolute Gasteiger partial charge is 0.493 e. The summed E-state index contributed by atoms with van der Waals surface area (Å²) in [4.78, 5) is 12.1. The van der Waals surface area contributed by atoms with Gasteiger partial charge in [-0.2, -0.15) is 0 Å². The predicted molar refractivity (Wildman–Crippen MR) is 78.0 cm³/mol. The van der Waals surface area contributed by atoms with Crippen LogP contribution in [0.3, 0.4) is 0 Å². The third kappa shape index (κ3) is 3.30. The van der Waals surface area contributed by atoms with Crippen LogP contribution in [0, 0.1) is 5.92 Å². The Labute approximate surface area is 118 Å². The molecule has 0 saturated carbocycles. The van der Waals surface area contributed by atoms with Gasteiger partial charge < -0.3 is 20.5 Å². The Balaban J connectivity index is 2.06. The van der Waals surface area contributed by atoms with Crippen molar-refractivity contribution in [2.24, 2.45) is 11.7 Å². The van der Waals surface area contributed by atoms with Crippen molar-refractivity contribution in [1.82, 2.24) is 0 Å². The average Bonchev–Trinajstić information content (AvgIpc) is 2.87. The monoisotopic (exact) mass is 276 g/mol. The van der Waals surface area contributed by atoms with Crippen LogP contribution in [0.4, 0.5) is 5.69 Å². The molecule has 5 nitrogen and oxygen atoms in total. The molecular formula is C15H20N2O3. The van der Waals surface area contributed by atoms with E-state index < -0.39 is 0 Å². The molecule has 3 N–H and O–H groups in total. The van der Waals surface area contributed by atoms with E-state index in [1.54, 1.807) is 25.3 Å². The fourth-order valence-electron chi connectivity index (χ4n) is 2.18. The fraction of sp³-hybridized carbons (Fsp3) is 0.400. The highest BCUT2D eigenvalue weighted by atomic mass is 16.5. The fourth-order valence-corrected chi connectivity index (χ4v) is 2.18. The number of rotatable bonds is 5. The number of benzene rings is 1. The summed E-state index contributed by atoms with van der Waals surface area (Å²) in [6.45, 7) is 2.47. The van der Waals surface area contributed by atoms with E-state index in [-0.39, 0.29) is 17.9 Å². The molecule has 0 spiro atoms. The number of methoxy groups -OCH3 is 1. The van der Waals surface area contributed by atoms with Gasteiger partial charge in [-0.3, -0.25) is 4.79 Å². The third-order valence-corrected chi connectivity index (χ3v) is 3.18. The molecule has 1 aliphatic rings. The van der Waals surface area contributed by atoms with Crippen LogP contribution in [0.2, 0.25) is 0 Å². The Bertz CT molecular complexity index is 514. The first kappa shape index (κ1) is 14.4. The van der Waals surface area contributed by atoms with Gasteiger partial charge in [-0.05, 0) is 25.5 Å². The molecule has 20 heavy (non-hydrogen) atoms. The van der Waals surface area contributed by atoms with Gasteiger partial charge in [-0.1, -0.05) is 12.2 Å². The van der Waals surface area contributed by atoms with Crippen molar-refractivity contribution in [2.45, 2.75) is 19.4 Å². The molecule has 1 aromatic rings. The summed E-state index contributed by atoms with van der Waals surface area (Å²) < 4.78 is 10.7. The number of carbonyl (C=O) groups excluding carboxylic acids is 1. The van der Waals surface area contributed by atoms with Crippen LogP contribution >= 0.6 is 0 Å². The smallest absolute Gasteiger partial charge is 0.231 e. The van der Waals surface area contributed by atoms with Gasteiger partial charge in [0.2, 0.25) is 5.91 Å². The molecule has 2 rings (SSSR count). The number of nitrogens with two attached hydrogens (primary N) is 1. The van der Waals surface area contributed by atoms with Crippen molar-refractivity contribution in [2.75, 3.05) is 19.0 Å². The van der Waals surface area contributed by atoms with Gasteiger partial charge in [0, 0.05) is 17.8 Å². The molecule has 2 atom stereocenters. The van der Waals surface area contributed by atoms with Crippen molar-refractivity contribution in [3.05, 3.63) is 30.4 Å². The standard InChI is InChI=1S/C15H20N2O3/c1-3-20-13-7-6-12(9-14(13)19-2)17-15(18)10-4-5-11(16)8-10/h4-7,9-11H,3,8,16H2,1-2H3,(H,17,18). The lowest BCUT2D eigenvalue weighted by molar-refractivity contribution is -0.118. The van der Waals surface area contributed by atoms with Gasteiger partial charge in [0.15, 0.2) is 11.5 Å². The number of nitrogens with one attached hydrogen (secondary N) is 1. The Hall–Kier alpha value is -2.01. The average molecular weight is 276 g/mol. The highest BCUT2D eigenvalue weighted by Crippen LogP contribution is 2.30.